The number of hydrogen-bond acceptors (Lipinski definition) is 4. The van der Waals surface area contributed by atoms with Gasteiger partial charge in [-0.2, -0.15) is 5.26 Å². The zero-order valence-corrected chi connectivity index (χ0v) is 20.1. The summed E-state index contributed by atoms with van der Waals surface area (Å²) in [5.41, 5.74) is 5.63. The van der Waals surface area contributed by atoms with Crippen LogP contribution in [0.15, 0.2) is 89.7 Å². The first-order valence-electron chi connectivity index (χ1n) is 12.0. The van der Waals surface area contributed by atoms with Crippen LogP contribution in [0.5, 0.6) is 0 Å². The number of fused-ring (bicyclic) bond motifs is 1. The molecule has 5 rings (SSSR count). The highest BCUT2D eigenvalue weighted by atomic mass is 16.1. The van der Waals surface area contributed by atoms with Crippen LogP contribution in [0.1, 0.15) is 58.3 Å². The minimum Gasteiger partial charge on any atom is -0.292 e. The molecule has 174 valence electrons. The Morgan fingerprint density at radius 3 is 2.06 bits per heavy atom. The summed E-state index contributed by atoms with van der Waals surface area (Å²) < 4.78 is 1.86. The molecule has 5 nitrogen and oxygen atoms in total. The zero-order valence-electron chi connectivity index (χ0n) is 20.1. The molecular formula is C30H28N4O. The lowest BCUT2D eigenvalue weighted by atomic mass is 9.97. The Kier molecular flexibility index (Phi) is 6.31. The van der Waals surface area contributed by atoms with Gasteiger partial charge in [0.05, 0.1) is 28.9 Å². The van der Waals surface area contributed by atoms with Gasteiger partial charge in [0.2, 0.25) is 0 Å². The summed E-state index contributed by atoms with van der Waals surface area (Å²) in [6.45, 7) is 5.49. The van der Waals surface area contributed by atoms with Crippen LogP contribution in [-0.2, 0) is 13.0 Å². The third-order valence-corrected chi connectivity index (χ3v) is 7.03. The molecule has 1 aliphatic rings. The van der Waals surface area contributed by atoms with Crippen LogP contribution < -0.4 is 5.56 Å². The smallest absolute Gasteiger partial charge is 0.259 e. The van der Waals surface area contributed by atoms with Crippen molar-refractivity contribution in [3.8, 4) is 6.07 Å². The molecule has 0 fully saturated rings. The molecule has 3 aromatic carbocycles. The van der Waals surface area contributed by atoms with E-state index in [4.69, 9.17) is 10.2 Å². The summed E-state index contributed by atoms with van der Waals surface area (Å²) in [6, 6.07) is 30.1. The zero-order chi connectivity index (χ0) is 24.4. The minimum absolute atomic E-state index is 0.0296. The Hall–Kier alpha value is -4.01. The molecule has 0 saturated carbocycles. The monoisotopic (exact) mass is 460 g/mol. The van der Waals surface area contributed by atoms with Crippen molar-refractivity contribution in [2.75, 3.05) is 6.54 Å². The van der Waals surface area contributed by atoms with Crippen LogP contribution in [0.4, 0.5) is 0 Å². The maximum atomic E-state index is 14.1. The van der Waals surface area contributed by atoms with Crippen molar-refractivity contribution >= 4 is 0 Å². The molecule has 35 heavy (non-hydrogen) atoms. The molecule has 1 atom stereocenters. The van der Waals surface area contributed by atoms with Crippen molar-refractivity contribution in [1.82, 2.24) is 14.5 Å². The van der Waals surface area contributed by atoms with E-state index in [2.05, 4.69) is 42.2 Å². The van der Waals surface area contributed by atoms with Crippen molar-refractivity contribution in [2.24, 2.45) is 0 Å². The van der Waals surface area contributed by atoms with Gasteiger partial charge in [-0.3, -0.25) is 14.3 Å². The highest BCUT2D eigenvalue weighted by molar-refractivity contribution is 5.36. The van der Waals surface area contributed by atoms with Crippen LogP contribution in [0.25, 0.3) is 0 Å². The van der Waals surface area contributed by atoms with E-state index in [0.717, 1.165) is 46.7 Å². The summed E-state index contributed by atoms with van der Waals surface area (Å²) in [5, 5.41) is 9.11. The third kappa shape index (κ3) is 4.41. The average Bonchev–Trinajstić information content (AvgIpc) is 2.91. The van der Waals surface area contributed by atoms with Gasteiger partial charge >= 0.3 is 0 Å². The van der Waals surface area contributed by atoms with Crippen LogP contribution in [0.3, 0.4) is 0 Å². The number of hydrogen-bond donors (Lipinski definition) is 0. The molecule has 0 aliphatic carbocycles. The number of nitriles is 1. The molecule has 1 aliphatic heterocycles. The Bertz CT molecular complexity index is 1380. The second-order valence-corrected chi connectivity index (χ2v) is 9.11. The number of rotatable bonds is 5. The largest absolute Gasteiger partial charge is 0.292 e. The maximum Gasteiger partial charge on any atom is 0.259 e. The fourth-order valence-corrected chi connectivity index (χ4v) is 5.07. The van der Waals surface area contributed by atoms with E-state index in [9.17, 15) is 4.79 Å². The van der Waals surface area contributed by atoms with Gasteiger partial charge in [-0.15, -0.1) is 0 Å². The van der Waals surface area contributed by atoms with Crippen LogP contribution in [0.2, 0.25) is 0 Å². The predicted molar refractivity (Wildman–Crippen MR) is 137 cm³/mol. The molecule has 2 heterocycles. The molecule has 0 spiro atoms. The Labute approximate surface area is 205 Å². The Balaban J connectivity index is 1.56. The van der Waals surface area contributed by atoms with E-state index in [1.807, 2.05) is 72.2 Å². The first-order chi connectivity index (χ1) is 17.1. The fourth-order valence-electron chi connectivity index (χ4n) is 5.07. The van der Waals surface area contributed by atoms with Crippen LogP contribution in [-0.4, -0.2) is 21.0 Å². The molecule has 0 N–H and O–H groups in total. The van der Waals surface area contributed by atoms with Gasteiger partial charge in [0.15, 0.2) is 0 Å². The molecule has 1 aromatic heterocycles. The van der Waals surface area contributed by atoms with Gasteiger partial charge in [0.1, 0.15) is 5.82 Å². The fraction of sp³-hybridized carbons (Fsp3) is 0.233. The lowest BCUT2D eigenvalue weighted by Crippen LogP contribution is -2.41. The molecule has 0 unspecified atom stereocenters. The predicted octanol–water partition coefficient (Wildman–Crippen LogP) is 5.18. The average molecular weight is 461 g/mol. The van der Waals surface area contributed by atoms with Gasteiger partial charge in [0, 0.05) is 25.6 Å². The second-order valence-electron chi connectivity index (χ2n) is 9.11. The van der Waals surface area contributed by atoms with Crippen LogP contribution >= 0.6 is 0 Å². The van der Waals surface area contributed by atoms with Gasteiger partial charge in [-0.1, -0.05) is 72.8 Å². The summed E-state index contributed by atoms with van der Waals surface area (Å²) in [4.78, 5) is 21.3. The number of aromatic nitrogens is 2. The molecule has 5 heteroatoms. The van der Waals surface area contributed by atoms with Gasteiger partial charge in [-0.05, 0) is 42.7 Å². The third-order valence-electron chi connectivity index (χ3n) is 7.03. The van der Waals surface area contributed by atoms with Gasteiger partial charge in [-0.25, -0.2) is 4.98 Å². The van der Waals surface area contributed by atoms with Gasteiger partial charge in [0.25, 0.3) is 5.56 Å². The van der Waals surface area contributed by atoms with Crippen molar-refractivity contribution in [3.05, 3.63) is 135 Å². The Morgan fingerprint density at radius 1 is 0.886 bits per heavy atom. The van der Waals surface area contributed by atoms with E-state index in [0.29, 0.717) is 12.1 Å². The van der Waals surface area contributed by atoms with Crippen molar-refractivity contribution in [2.45, 2.75) is 38.9 Å². The number of benzene rings is 3. The lowest BCUT2D eigenvalue weighted by Gasteiger charge is -2.34. The van der Waals surface area contributed by atoms with E-state index >= 15 is 0 Å². The summed E-state index contributed by atoms with van der Waals surface area (Å²) in [5.74, 6) is 0.736. The first-order valence-corrected chi connectivity index (χ1v) is 12.0. The van der Waals surface area contributed by atoms with Crippen molar-refractivity contribution in [1.29, 1.82) is 5.26 Å². The minimum atomic E-state index is -0.242. The van der Waals surface area contributed by atoms with E-state index < -0.39 is 0 Å². The van der Waals surface area contributed by atoms with Crippen molar-refractivity contribution < 1.29 is 0 Å². The molecule has 0 bridgehead atoms. The lowest BCUT2D eigenvalue weighted by molar-refractivity contribution is 0.188. The van der Waals surface area contributed by atoms with Crippen LogP contribution in [0, 0.1) is 18.3 Å². The standard InChI is InChI=1S/C30H28N4O/c1-21(24-15-13-23(19-31)14-16-24)33-18-17-28-27(20-33)30(35)34(22(2)32-28)29(25-9-5-3-6-10-25)26-11-7-4-8-12-26/h3-16,21,29H,17-18,20H2,1-2H3/t21-/m0/s1. The summed E-state index contributed by atoms with van der Waals surface area (Å²) >= 11 is 0. The molecule has 4 aromatic rings. The Morgan fingerprint density at radius 2 is 1.49 bits per heavy atom. The van der Waals surface area contributed by atoms with E-state index in [1.54, 1.807) is 0 Å². The number of nitrogens with zero attached hydrogens (tertiary/aromatic N) is 4. The number of aryl methyl sites for hydroxylation is 1. The highest BCUT2D eigenvalue weighted by Gasteiger charge is 2.29. The molecule has 0 amide bonds. The van der Waals surface area contributed by atoms with Gasteiger partial charge < -0.3 is 0 Å². The first kappa shape index (κ1) is 22.8. The molecule has 0 radical (unpaired) electrons. The highest BCUT2D eigenvalue weighted by Crippen LogP contribution is 2.29. The van der Waals surface area contributed by atoms with E-state index in [-0.39, 0.29) is 17.6 Å². The SMILES string of the molecule is Cc1nc2c(c(=O)n1C(c1ccccc1)c1ccccc1)CN([C@@H](C)c1ccc(C#N)cc1)CC2. The quantitative estimate of drug-likeness (QED) is 0.412. The molecular weight excluding hydrogens is 432 g/mol. The normalized spacial score (nSPS) is 14.3. The van der Waals surface area contributed by atoms with E-state index in [1.165, 1.54) is 0 Å². The second kappa shape index (κ2) is 9.69. The maximum absolute atomic E-state index is 14.1. The summed E-state index contributed by atoms with van der Waals surface area (Å²) in [7, 11) is 0. The topological polar surface area (TPSA) is 61.9 Å². The summed E-state index contributed by atoms with van der Waals surface area (Å²) in [6.07, 6.45) is 0.744. The van der Waals surface area contributed by atoms with Crippen molar-refractivity contribution in [3.63, 3.8) is 0 Å². The molecule has 0 saturated heterocycles.